The fraction of sp³-hybridized carbons (Fsp3) is 0.571. The number of hydrogen-bond acceptors (Lipinski definition) is 4. The highest BCUT2D eigenvalue weighted by molar-refractivity contribution is 7.88. The second kappa shape index (κ2) is 7.55. The van der Waals surface area contributed by atoms with E-state index >= 15 is 0 Å². The van der Waals surface area contributed by atoms with Gasteiger partial charge in [0.1, 0.15) is 0 Å². The van der Waals surface area contributed by atoms with Crippen LogP contribution in [-0.2, 0) is 16.4 Å². The zero-order chi connectivity index (χ0) is 16.0. The minimum absolute atomic E-state index is 0.157. The molecule has 7 nitrogen and oxygen atoms in total. The summed E-state index contributed by atoms with van der Waals surface area (Å²) in [5.74, 6) is 0. The van der Waals surface area contributed by atoms with Crippen LogP contribution in [0.5, 0.6) is 0 Å². The van der Waals surface area contributed by atoms with Crippen LogP contribution in [0.25, 0.3) is 0 Å². The molecule has 2 N–H and O–H groups in total. The van der Waals surface area contributed by atoms with Crippen LogP contribution < -0.4 is 10.0 Å². The highest BCUT2D eigenvalue weighted by Crippen LogP contribution is 2.10. The van der Waals surface area contributed by atoms with Crippen molar-refractivity contribution in [2.75, 3.05) is 25.9 Å². The van der Waals surface area contributed by atoms with Crippen molar-refractivity contribution >= 4 is 16.1 Å². The van der Waals surface area contributed by atoms with E-state index in [9.17, 15) is 13.2 Å². The maximum Gasteiger partial charge on any atom is 0.317 e. The predicted molar refractivity (Wildman–Crippen MR) is 83.9 cm³/mol. The number of nitrogens with one attached hydrogen (secondary N) is 2. The molecule has 0 aliphatic carbocycles. The molecule has 1 aliphatic heterocycles. The maximum absolute atomic E-state index is 12.1. The van der Waals surface area contributed by atoms with Crippen molar-refractivity contribution in [2.45, 2.75) is 25.3 Å². The minimum atomic E-state index is -3.24. The molecule has 0 aromatic carbocycles. The Morgan fingerprint density at radius 2 is 2.27 bits per heavy atom. The van der Waals surface area contributed by atoms with Crippen molar-refractivity contribution in [3.05, 3.63) is 30.1 Å². The molecule has 0 bridgehead atoms. The quantitative estimate of drug-likeness (QED) is 0.817. The SMILES string of the molecule is CS(=O)(=O)N[C@H]1CCCN(C(=O)NCCc2ccccn2)C1. The molecular weight excluding hydrogens is 304 g/mol. The summed E-state index contributed by atoms with van der Waals surface area (Å²) < 4.78 is 25.1. The van der Waals surface area contributed by atoms with Gasteiger partial charge in [-0.3, -0.25) is 4.98 Å². The van der Waals surface area contributed by atoms with Crippen LogP contribution in [0.1, 0.15) is 18.5 Å². The standard InChI is InChI=1S/C14H22N4O3S/c1-22(20,21)17-13-6-4-10-18(11-13)14(19)16-9-7-12-5-2-3-8-15-12/h2-3,5,8,13,17H,4,6-7,9-11H2,1H3,(H,16,19)/t13-/m0/s1. The first-order valence-corrected chi connectivity index (χ1v) is 9.23. The van der Waals surface area contributed by atoms with Gasteiger partial charge in [-0.1, -0.05) is 6.07 Å². The Morgan fingerprint density at radius 1 is 1.45 bits per heavy atom. The molecule has 22 heavy (non-hydrogen) atoms. The summed E-state index contributed by atoms with van der Waals surface area (Å²) in [5.41, 5.74) is 0.929. The van der Waals surface area contributed by atoms with E-state index in [1.54, 1.807) is 11.1 Å². The Bertz CT molecular complexity index is 591. The number of urea groups is 1. The number of amides is 2. The zero-order valence-corrected chi connectivity index (χ0v) is 13.5. The molecule has 1 saturated heterocycles. The average Bonchev–Trinajstić information content (AvgIpc) is 2.47. The third kappa shape index (κ3) is 5.61. The normalized spacial score (nSPS) is 19.0. The molecule has 1 aliphatic rings. The zero-order valence-electron chi connectivity index (χ0n) is 12.7. The van der Waals surface area contributed by atoms with Crippen molar-refractivity contribution in [1.29, 1.82) is 0 Å². The lowest BCUT2D eigenvalue weighted by Gasteiger charge is -2.32. The molecule has 1 aromatic heterocycles. The van der Waals surface area contributed by atoms with Crippen molar-refractivity contribution in [3.8, 4) is 0 Å². The van der Waals surface area contributed by atoms with E-state index in [0.29, 0.717) is 26.1 Å². The van der Waals surface area contributed by atoms with Gasteiger partial charge in [0.15, 0.2) is 0 Å². The van der Waals surface area contributed by atoms with E-state index in [4.69, 9.17) is 0 Å². The van der Waals surface area contributed by atoms with Gasteiger partial charge < -0.3 is 10.2 Å². The van der Waals surface area contributed by atoms with Gasteiger partial charge in [0.05, 0.1) is 6.26 Å². The monoisotopic (exact) mass is 326 g/mol. The number of rotatable bonds is 5. The fourth-order valence-corrected chi connectivity index (χ4v) is 3.31. The second-order valence-corrected chi connectivity index (χ2v) is 7.26. The Kier molecular flexibility index (Phi) is 5.73. The van der Waals surface area contributed by atoms with Crippen molar-refractivity contribution in [3.63, 3.8) is 0 Å². The smallest absolute Gasteiger partial charge is 0.317 e. The summed E-state index contributed by atoms with van der Waals surface area (Å²) in [6, 6.07) is 5.32. The Hall–Kier alpha value is -1.67. The summed E-state index contributed by atoms with van der Waals surface area (Å²) in [7, 11) is -3.24. The van der Waals surface area contributed by atoms with Crippen LogP contribution in [0, 0.1) is 0 Å². The Labute approximate surface area is 131 Å². The molecule has 0 spiro atoms. The van der Waals surface area contributed by atoms with Gasteiger partial charge in [-0.2, -0.15) is 0 Å². The molecule has 2 rings (SSSR count). The molecular formula is C14H22N4O3S. The number of aromatic nitrogens is 1. The number of carbonyl (C=O) groups is 1. The maximum atomic E-state index is 12.1. The van der Waals surface area contributed by atoms with E-state index in [1.165, 1.54) is 0 Å². The van der Waals surface area contributed by atoms with Crippen molar-refractivity contribution < 1.29 is 13.2 Å². The van der Waals surface area contributed by atoms with Gasteiger partial charge in [0.25, 0.3) is 0 Å². The lowest BCUT2D eigenvalue weighted by atomic mass is 10.1. The Balaban J connectivity index is 1.77. The van der Waals surface area contributed by atoms with Crippen LogP contribution in [0.3, 0.4) is 0 Å². The third-order valence-corrected chi connectivity index (χ3v) is 4.23. The summed E-state index contributed by atoms with van der Waals surface area (Å²) in [6.45, 7) is 1.57. The van der Waals surface area contributed by atoms with Crippen LogP contribution in [0.4, 0.5) is 4.79 Å². The number of sulfonamides is 1. The number of piperidine rings is 1. The lowest BCUT2D eigenvalue weighted by Crippen LogP contribution is -2.52. The molecule has 1 fully saturated rings. The molecule has 1 aromatic rings. The predicted octanol–water partition coefficient (Wildman–Crippen LogP) is 0.347. The first-order valence-electron chi connectivity index (χ1n) is 7.34. The fourth-order valence-electron chi connectivity index (χ4n) is 2.52. The number of hydrogen-bond donors (Lipinski definition) is 2. The first kappa shape index (κ1) is 16.7. The van der Waals surface area contributed by atoms with E-state index in [0.717, 1.165) is 24.8 Å². The van der Waals surface area contributed by atoms with E-state index in [1.807, 2.05) is 18.2 Å². The summed E-state index contributed by atoms with van der Waals surface area (Å²) in [5, 5.41) is 2.85. The molecule has 2 heterocycles. The van der Waals surface area contributed by atoms with Gasteiger partial charge >= 0.3 is 6.03 Å². The lowest BCUT2D eigenvalue weighted by molar-refractivity contribution is 0.177. The molecule has 1 atom stereocenters. The summed E-state index contributed by atoms with van der Waals surface area (Å²) >= 11 is 0. The van der Waals surface area contributed by atoms with Crippen LogP contribution in [0.2, 0.25) is 0 Å². The number of carbonyl (C=O) groups excluding carboxylic acids is 1. The average molecular weight is 326 g/mol. The van der Waals surface area contributed by atoms with Crippen molar-refractivity contribution in [2.24, 2.45) is 0 Å². The van der Waals surface area contributed by atoms with Gasteiger partial charge in [-0.05, 0) is 25.0 Å². The van der Waals surface area contributed by atoms with Gasteiger partial charge in [-0.25, -0.2) is 17.9 Å². The van der Waals surface area contributed by atoms with Gasteiger partial charge in [-0.15, -0.1) is 0 Å². The topological polar surface area (TPSA) is 91.4 Å². The first-order chi connectivity index (χ1) is 10.4. The number of nitrogens with zero attached hydrogens (tertiary/aromatic N) is 2. The molecule has 8 heteroatoms. The van der Waals surface area contributed by atoms with E-state index < -0.39 is 10.0 Å². The second-order valence-electron chi connectivity index (χ2n) is 5.48. The molecule has 0 unspecified atom stereocenters. The van der Waals surface area contributed by atoms with Gasteiger partial charge in [0.2, 0.25) is 10.0 Å². The molecule has 122 valence electrons. The molecule has 0 saturated carbocycles. The van der Waals surface area contributed by atoms with Crippen LogP contribution in [0.15, 0.2) is 24.4 Å². The number of likely N-dealkylation sites (tertiary alicyclic amines) is 1. The van der Waals surface area contributed by atoms with E-state index in [2.05, 4.69) is 15.0 Å². The minimum Gasteiger partial charge on any atom is -0.338 e. The van der Waals surface area contributed by atoms with E-state index in [-0.39, 0.29) is 12.1 Å². The highest BCUT2D eigenvalue weighted by Gasteiger charge is 2.25. The highest BCUT2D eigenvalue weighted by atomic mass is 32.2. The Morgan fingerprint density at radius 3 is 2.95 bits per heavy atom. The molecule has 2 amide bonds. The van der Waals surface area contributed by atoms with Crippen molar-refractivity contribution in [1.82, 2.24) is 19.9 Å². The third-order valence-electron chi connectivity index (χ3n) is 3.47. The van der Waals surface area contributed by atoms with Crippen LogP contribution in [-0.4, -0.2) is 56.3 Å². The molecule has 0 radical (unpaired) electrons. The summed E-state index contributed by atoms with van der Waals surface area (Å²) in [6.07, 6.45) is 5.08. The van der Waals surface area contributed by atoms with Crippen LogP contribution >= 0.6 is 0 Å². The van der Waals surface area contributed by atoms with Gasteiger partial charge in [0, 0.05) is 44.0 Å². The largest absolute Gasteiger partial charge is 0.338 e. The summed E-state index contributed by atoms with van der Waals surface area (Å²) in [4.78, 5) is 18.0. The number of pyridine rings is 1.